The van der Waals surface area contributed by atoms with Crippen molar-refractivity contribution in [3.05, 3.63) is 212 Å². The van der Waals surface area contributed by atoms with Crippen LogP contribution >= 0.6 is 0 Å². The summed E-state index contributed by atoms with van der Waals surface area (Å²) in [6.45, 7) is 0. The molecule has 12 aromatic rings. The number of hydrogen-bond donors (Lipinski definition) is 0. The first-order valence-electron chi connectivity index (χ1n) is 19.9. The van der Waals surface area contributed by atoms with Crippen molar-refractivity contribution in [2.24, 2.45) is 0 Å². The van der Waals surface area contributed by atoms with Gasteiger partial charge in [0.1, 0.15) is 0 Å². The zero-order valence-corrected chi connectivity index (χ0v) is 31.5. The molecule has 0 N–H and O–H groups in total. The summed E-state index contributed by atoms with van der Waals surface area (Å²) in [4.78, 5) is 5.38. The van der Waals surface area contributed by atoms with Crippen LogP contribution in [-0.4, -0.2) is 14.1 Å². The van der Waals surface area contributed by atoms with Crippen LogP contribution in [0.1, 0.15) is 0 Å². The summed E-state index contributed by atoms with van der Waals surface area (Å²) in [7, 11) is 0. The lowest BCUT2D eigenvalue weighted by atomic mass is 9.96. The molecule has 0 bridgehead atoms. The van der Waals surface area contributed by atoms with Crippen LogP contribution in [0.25, 0.3) is 110 Å². The topological polar surface area (TPSA) is 22.8 Å². The predicted molar refractivity (Wildman–Crippen MR) is 244 cm³/mol. The minimum atomic E-state index is 0.950. The first kappa shape index (κ1) is 32.5. The van der Waals surface area contributed by atoms with Crippen LogP contribution in [-0.2, 0) is 0 Å². The number of rotatable bonds is 5. The van der Waals surface area contributed by atoms with E-state index in [1.54, 1.807) is 0 Å². The number of benzene rings is 9. The lowest BCUT2D eigenvalue weighted by molar-refractivity contribution is 1.17. The molecule has 0 unspecified atom stereocenters. The molecule has 270 valence electrons. The summed E-state index contributed by atoms with van der Waals surface area (Å²) in [5.41, 5.74) is 13.4. The fourth-order valence-electron chi connectivity index (χ4n) is 9.17. The molecule has 3 heterocycles. The number of pyridine rings is 1. The first-order valence-corrected chi connectivity index (χ1v) is 19.9. The third kappa shape index (κ3) is 5.11. The Morgan fingerprint density at radius 3 is 1.60 bits per heavy atom. The van der Waals surface area contributed by atoms with Crippen molar-refractivity contribution in [2.45, 2.75) is 0 Å². The molecule has 3 aromatic heterocycles. The Morgan fingerprint density at radius 1 is 0.276 bits per heavy atom. The van der Waals surface area contributed by atoms with Crippen LogP contribution in [0.3, 0.4) is 0 Å². The van der Waals surface area contributed by atoms with Gasteiger partial charge in [0.15, 0.2) is 0 Å². The van der Waals surface area contributed by atoms with E-state index in [0.717, 1.165) is 45.0 Å². The van der Waals surface area contributed by atoms with E-state index in [2.05, 4.69) is 221 Å². The monoisotopic (exact) mass is 737 g/mol. The van der Waals surface area contributed by atoms with Crippen LogP contribution in [0.2, 0.25) is 0 Å². The van der Waals surface area contributed by atoms with E-state index in [1.807, 2.05) is 0 Å². The quantitative estimate of drug-likeness (QED) is 0.172. The summed E-state index contributed by atoms with van der Waals surface area (Å²) in [6, 6.07) is 76.9. The Bertz CT molecular complexity index is 3570. The molecule has 12 rings (SSSR count). The van der Waals surface area contributed by atoms with Gasteiger partial charge in [0.25, 0.3) is 0 Å². The second kappa shape index (κ2) is 12.9. The highest BCUT2D eigenvalue weighted by Crippen LogP contribution is 2.41. The molecule has 3 nitrogen and oxygen atoms in total. The molecule has 9 aromatic carbocycles. The number of aromatic nitrogens is 3. The van der Waals surface area contributed by atoms with Crippen molar-refractivity contribution in [1.29, 1.82) is 0 Å². The van der Waals surface area contributed by atoms with Crippen molar-refractivity contribution in [2.75, 3.05) is 0 Å². The average Bonchev–Trinajstić information content (AvgIpc) is 3.80. The van der Waals surface area contributed by atoms with E-state index < -0.39 is 0 Å². The van der Waals surface area contributed by atoms with Crippen LogP contribution < -0.4 is 0 Å². The highest BCUT2D eigenvalue weighted by molar-refractivity contribution is 6.19. The van der Waals surface area contributed by atoms with Gasteiger partial charge in [-0.2, -0.15) is 0 Å². The third-order valence-corrected chi connectivity index (χ3v) is 11.9. The highest BCUT2D eigenvalue weighted by atomic mass is 15.0. The van der Waals surface area contributed by atoms with E-state index in [4.69, 9.17) is 4.98 Å². The number of para-hydroxylation sites is 3. The van der Waals surface area contributed by atoms with E-state index in [9.17, 15) is 0 Å². The van der Waals surface area contributed by atoms with E-state index in [0.29, 0.717) is 0 Å². The largest absolute Gasteiger partial charge is 0.309 e. The maximum absolute atomic E-state index is 5.38. The second-order valence-corrected chi connectivity index (χ2v) is 15.2. The molecular formula is C55H35N3. The van der Waals surface area contributed by atoms with Gasteiger partial charge in [-0.05, 0) is 99.4 Å². The molecule has 3 heteroatoms. The lowest BCUT2D eigenvalue weighted by Gasteiger charge is -2.14. The van der Waals surface area contributed by atoms with E-state index in [-0.39, 0.29) is 0 Å². The number of fused-ring (bicyclic) bond motifs is 8. The normalized spacial score (nSPS) is 11.8. The Hall–Kier alpha value is -7.75. The van der Waals surface area contributed by atoms with Gasteiger partial charge in [0, 0.05) is 44.0 Å². The average molecular weight is 738 g/mol. The summed E-state index contributed by atoms with van der Waals surface area (Å²) >= 11 is 0. The summed E-state index contributed by atoms with van der Waals surface area (Å²) in [6.07, 6.45) is 0. The van der Waals surface area contributed by atoms with Crippen LogP contribution in [0.4, 0.5) is 0 Å². The van der Waals surface area contributed by atoms with Crippen LogP contribution in [0.15, 0.2) is 212 Å². The van der Waals surface area contributed by atoms with Gasteiger partial charge in [0.2, 0.25) is 0 Å². The zero-order valence-electron chi connectivity index (χ0n) is 31.5. The Kier molecular flexibility index (Phi) is 7.23. The fraction of sp³-hybridized carbons (Fsp3) is 0. The second-order valence-electron chi connectivity index (χ2n) is 15.2. The SMILES string of the molecule is c1ccc(-n2c3ccccc3c3cc4c(cc32)c2ccccc2n4-c2cccc(-c3cc(-c4ccc5ccccc5c4)nc(-c4cccc5ccccc45)c3)c2)cc1. The van der Waals surface area contributed by atoms with E-state index >= 15 is 0 Å². The molecule has 0 saturated carbocycles. The Morgan fingerprint density at radius 2 is 0.845 bits per heavy atom. The molecule has 0 amide bonds. The van der Waals surface area contributed by atoms with Gasteiger partial charge >= 0.3 is 0 Å². The van der Waals surface area contributed by atoms with Crippen molar-refractivity contribution in [3.8, 4) is 45.0 Å². The molecule has 0 spiro atoms. The molecule has 0 fully saturated rings. The standard InChI is InChI=1S/C55H35N3/c1-2-19-42(20-3-1)57-52-26-10-8-23-46(52)48-35-55-49(34-54(48)57)47-24-9-11-27-53(47)58(55)43-21-12-18-39(31-43)41-32-50(40-29-28-36-14-4-5-16-38(36)30-40)56-51(33-41)45-25-13-17-37-15-6-7-22-44(37)45/h1-35H. The maximum atomic E-state index is 5.38. The zero-order chi connectivity index (χ0) is 38.2. The van der Waals surface area contributed by atoms with Gasteiger partial charge in [0.05, 0.1) is 33.5 Å². The minimum Gasteiger partial charge on any atom is -0.309 e. The minimum absolute atomic E-state index is 0.950. The molecule has 0 aliphatic heterocycles. The molecule has 0 saturated heterocycles. The van der Waals surface area contributed by atoms with Crippen molar-refractivity contribution >= 4 is 65.2 Å². The van der Waals surface area contributed by atoms with Crippen LogP contribution in [0, 0.1) is 0 Å². The first-order chi connectivity index (χ1) is 28.7. The molecule has 0 atom stereocenters. The Balaban J connectivity index is 1.09. The summed E-state index contributed by atoms with van der Waals surface area (Å²) in [5.74, 6) is 0. The van der Waals surface area contributed by atoms with Gasteiger partial charge < -0.3 is 9.13 Å². The van der Waals surface area contributed by atoms with Gasteiger partial charge in [-0.25, -0.2) is 4.98 Å². The van der Waals surface area contributed by atoms with Crippen LogP contribution in [0.5, 0.6) is 0 Å². The van der Waals surface area contributed by atoms with Crippen molar-refractivity contribution in [1.82, 2.24) is 14.1 Å². The lowest BCUT2D eigenvalue weighted by Crippen LogP contribution is -1.96. The van der Waals surface area contributed by atoms with Gasteiger partial charge in [-0.15, -0.1) is 0 Å². The van der Waals surface area contributed by atoms with E-state index in [1.165, 1.54) is 65.2 Å². The maximum Gasteiger partial charge on any atom is 0.0721 e. The van der Waals surface area contributed by atoms with Crippen molar-refractivity contribution < 1.29 is 0 Å². The fourth-order valence-corrected chi connectivity index (χ4v) is 9.17. The van der Waals surface area contributed by atoms with Gasteiger partial charge in [-0.1, -0.05) is 146 Å². The summed E-state index contributed by atoms with van der Waals surface area (Å²) in [5, 5.41) is 9.76. The smallest absolute Gasteiger partial charge is 0.0721 e. The number of nitrogens with zero attached hydrogens (tertiary/aromatic N) is 3. The molecule has 58 heavy (non-hydrogen) atoms. The third-order valence-electron chi connectivity index (χ3n) is 11.9. The number of hydrogen-bond acceptors (Lipinski definition) is 1. The Labute approximate surface area is 335 Å². The van der Waals surface area contributed by atoms with Gasteiger partial charge in [-0.3, -0.25) is 0 Å². The molecular weight excluding hydrogens is 703 g/mol. The summed E-state index contributed by atoms with van der Waals surface area (Å²) < 4.78 is 4.85. The molecule has 0 radical (unpaired) electrons. The molecule has 0 aliphatic carbocycles. The highest BCUT2D eigenvalue weighted by Gasteiger charge is 2.19. The predicted octanol–water partition coefficient (Wildman–Crippen LogP) is 14.6. The van der Waals surface area contributed by atoms with Crippen molar-refractivity contribution in [3.63, 3.8) is 0 Å². The molecule has 0 aliphatic rings.